The van der Waals surface area contributed by atoms with Gasteiger partial charge in [0.05, 0.1) is 42.6 Å². The number of carbonyl (C=O) groups excluding carboxylic acids is 1. The highest BCUT2D eigenvalue weighted by molar-refractivity contribution is 7.15. The fraction of sp³-hybridized carbons (Fsp3) is 0.485. The maximum absolute atomic E-state index is 12.6. The summed E-state index contributed by atoms with van der Waals surface area (Å²) in [7, 11) is -1.22. The van der Waals surface area contributed by atoms with Gasteiger partial charge in [-0.15, -0.1) is 10.2 Å². The Kier molecular flexibility index (Phi) is 10.0. The van der Waals surface area contributed by atoms with Crippen LogP contribution in [-0.2, 0) is 20.7 Å². The molecule has 3 aromatic heterocycles. The van der Waals surface area contributed by atoms with Crippen LogP contribution in [0.5, 0.6) is 0 Å². The molecule has 2 fully saturated rings. The third-order valence-electron chi connectivity index (χ3n) is 8.34. The first-order valence-electron chi connectivity index (χ1n) is 16.0. The molecule has 45 heavy (non-hydrogen) atoms. The lowest BCUT2D eigenvalue weighted by Gasteiger charge is -2.26. The van der Waals surface area contributed by atoms with E-state index in [0.29, 0.717) is 52.0 Å². The number of hydrogen-bond acceptors (Lipinski definition) is 10. The minimum atomic E-state index is -1.22. The van der Waals surface area contributed by atoms with Gasteiger partial charge in [-0.1, -0.05) is 56.0 Å². The highest BCUT2D eigenvalue weighted by Gasteiger charge is 2.24. The van der Waals surface area contributed by atoms with E-state index in [1.807, 2.05) is 58.5 Å². The topological polar surface area (TPSA) is 106 Å². The number of ether oxygens (including phenoxy) is 2. The number of aromatic nitrogens is 4. The van der Waals surface area contributed by atoms with Crippen molar-refractivity contribution in [3.63, 3.8) is 0 Å². The number of anilines is 4. The normalized spacial score (nSPS) is 15.9. The van der Waals surface area contributed by atoms with Gasteiger partial charge in [-0.2, -0.15) is 0 Å². The summed E-state index contributed by atoms with van der Waals surface area (Å²) in [6, 6.07) is 15.1. The molecule has 1 saturated carbocycles. The number of benzene rings is 1. The fourth-order valence-corrected chi connectivity index (χ4v) is 7.38. The van der Waals surface area contributed by atoms with Crippen LogP contribution in [0.2, 0.25) is 25.7 Å². The van der Waals surface area contributed by atoms with Gasteiger partial charge in [0, 0.05) is 39.4 Å². The summed E-state index contributed by atoms with van der Waals surface area (Å²) in [5.74, 6) is 1.41. The molecule has 4 heterocycles. The second kappa shape index (κ2) is 14.3. The van der Waals surface area contributed by atoms with Gasteiger partial charge < -0.3 is 19.7 Å². The Bertz CT molecular complexity index is 1580. The van der Waals surface area contributed by atoms with E-state index in [-0.39, 0.29) is 5.91 Å². The van der Waals surface area contributed by atoms with Crippen LogP contribution in [-0.4, -0.2) is 78.7 Å². The van der Waals surface area contributed by atoms with Crippen molar-refractivity contribution >= 4 is 58.7 Å². The third kappa shape index (κ3) is 8.43. The van der Waals surface area contributed by atoms with Crippen molar-refractivity contribution in [2.45, 2.75) is 63.7 Å². The minimum Gasteiger partial charge on any atom is -0.378 e. The molecule has 1 aromatic carbocycles. The van der Waals surface area contributed by atoms with Crippen molar-refractivity contribution in [1.29, 1.82) is 0 Å². The fourth-order valence-electron chi connectivity index (χ4n) is 5.61. The van der Waals surface area contributed by atoms with Crippen molar-refractivity contribution in [2.24, 2.45) is 0 Å². The number of fused-ring (bicyclic) bond motifs is 1. The highest BCUT2D eigenvalue weighted by Crippen LogP contribution is 2.38. The van der Waals surface area contributed by atoms with Gasteiger partial charge in [0.15, 0.2) is 0 Å². The second-order valence-electron chi connectivity index (χ2n) is 13.1. The van der Waals surface area contributed by atoms with E-state index in [2.05, 4.69) is 40.1 Å². The zero-order chi connectivity index (χ0) is 31.2. The Morgan fingerprint density at radius 1 is 1.04 bits per heavy atom. The molecule has 0 bridgehead atoms. The summed E-state index contributed by atoms with van der Waals surface area (Å²) in [4.78, 5) is 26.2. The molecule has 1 aliphatic heterocycles. The van der Waals surface area contributed by atoms with Crippen LogP contribution < -0.4 is 10.2 Å². The highest BCUT2D eigenvalue weighted by atomic mass is 32.1. The molecule has 10 nitrogen and oxygen atoms in total. The van der Waals surface area contributed by atoms with E-state index in [9.17, 15) is 4.79 Å². The largest absolute Gasteiger partial charge is 0.378 e. The SMILES string of the molecule is C[Si](C)(C)CCOCN(c1ccc2ncc(Nc3ccc(CC(=O)N4CCOCC4)cc3)cc2n1)c1nnc(C2CCCC2)s1. The molecule has 2 aliphatic rings. The summed E-state index contributed by atoms with van der Waals surface area (Å²) in [6.07, 6.45) is 7.10. The van der Waals surface area contributed by atoms with Crippen LogP contribution >= 0.6 is 11.3 Å². The first kappa shape index (κ1) is 31.5. The van der Waals surface area contributed by atoms with Crippen molar-refractivity contribution < 1.29 is 14.3 Å². The number of nitrogens with one attached hydrogen (secondary N) is 1. The van der Waals surface area contributed by atoms with E-state index >= 15 is 0 Å². The molecule has 1 amide bonds. The van der Waals surface area contributed by atoms with Gasteiger partial charge in [-0.05, 0) is 54.8 Å². The number of hydrogen-bond donors (Lipinski definition) is 1. The van der Waals surface area contributed by atoms with Gasteiger partial charge in [-0.3, -0.25) is 14.7 Å². The Morgan fingerprint density at radius 2 is 1.82 bits per heavy atom. The van der Waals surface area contributed by atoms with Crippen molar-refractivity contribution in [3.8, 4) is 0 Å². The first-order chi connectivity index (χ1) is 21.8. The van der Waals surface area contributed by atoms with Gasteiger partial charge in [-0.25, -0.2) is 4.98 Å². The summed E-state index contributed by atoms with van der Waals surface area (Å²) in [6.45, 7) is 10.7. The lowest BCUT2D eigenvalue weighted by Crippen LogP contribution is -2.41. The van der Waals surface area contributed by atoms with Crippen molar-refractivity contribution in [2.75, 3.05) is 49.9 Å². The summed E-state index contributed by atoms with van der Waals surface area (Å²) < 4.78 is 11.6. The summed E-state index contributed by atoms with van der Waals surface area (Å²) in [5.41, 5.74) is 4.32. The summed E-state index contributed by atoms with van der Waals surface area (Å²) >= 11 is 1.65. The second-order valence-corrected chi connectivity index (χ2v) is 19.7. The van der Waals surface area contributed by atoms with Crippen LogP contribution in [0.3, 0.4) is 0 Å². The van der Waals surface area contributed by atoms with Gasteiger partial charge in [0.2, 0.25) is 11.0 Å². The van der Waals surface area contributed by atoms with Crippen molar-refractivity contribution in [1.82, 2.24) is 25.1 Å². The molecule has 238 valence electrons. The molecule has 0 atom stereocenters. The Balaban J connectivity index is 1.17. The zero-order valence-electron chi connectivity index (χ0n) is 26.5. The quantitative estimate of drug-likeness (QED) is 0.102. The molecule has 4 aromatic rings. The van der Waals surface area contributed by atoms with Gasteiger partial charge in [0.1, 0.15) is 17.6 Å². The minimum absolute atomic E-state index is 0.137. The molecular formula is C33H43N7O3SSi. The molecule has 0 radical (unpaired) electrons. The van der Waals surface area contributed by atoms with Crippen LogP contribution in [0, 0.1) is 0 Å². The first-order valence-corrected chi connectivity index (χ1v) is 20.5. The monoisotopic (exact) mass is 645 g/mol. The van der Waals surface area contributed by atoms with Gasteiger partial charge >= 0.3 is 0 Å². The van der Waals surface area contributed by atoms with E-state index < -0.39 is 8.07 Å². The number of carbonyl (C=O) groups is 1. The lowest BCUT2D eigenvalue weighted by atomic mass is 10.1. The molecule has 0 unspecified atom stereocenters. The standard InChI is InChI=1S/C33H43N7O3SSi/c1-45(2,3)19-18-43-23-40(33-38-37-32(44-33)25-6-4-5-7-25)30-13-12-28-29(36-30)21-27(22-34-28)35-26-10-8-24(9-11-26)20-31(41)39-14-16-42-17-15-39/h8-13,21-22,25,35H,4-7,14-20,23H2,1-3H3. The Labute approximate surface area is 270 Å². The molecule has 1 saturated heterocycles. The van der Waals surface area contributed by atoms with E-state index in [1.54, 1.807) is 11.3 Å². The lowest BCUT2D eigenvalue weighted by molar-refractivity contribution is -0.134. The van der Waals surface area contributed by atoms with E-state index in [0.717, 1.165) is 50.0 Å². The van der Waals surface area contributed by atoms with E-state index in [1.165, 1.54) is 25.7 Å². The molecular weight excluding hydrogens is 603 g/mol. The average molecular weight is 646 g/mol. The maximum Gasteiger partial charge on any atom is 0.227 e. The Hall–Kier alpha value is -3.45. The number of morpholine rings is 1. The maximum atomic E-state index is 12.6. The smallest absolute Gasteiger partial charge is 0.227 e. The molecule has 0 spiro atoms. The van der Waals surface area contributed by atoms with Crippen LogP contribution in [0.1, 0.15) is 42.2 Å². The van der Waals surface area contributed by atoms with Crippen LogP contribution in [0.15, 0.2) is 48.7 Å². The zero-order valence-corrected chi connectivity index (χ0v) is 28.3. The number of amides is 1. The predicted molar refractivity (Wildman–Crippen MR) is 183 cm³/mol. The summed E-state index contributed by atoms with van der Waals surface area (Å²) in [5, 5.41) is 14.5. The number of pyridine rings is 2. The Morgan fingerprint density at radius 3 is 2.58 bits per heavy atom. The third-order valence-corrected chi connectivity index (χ3v) is 11.2. The molecule has 1 aliphatic carbocycles. The average Bonchev–Trinajstić information content (AvgIpc) is 3.75. The molecule has 6 rings (SSSR count). The molecule has 12 heteroatoms. The van der Waals surface area contributed by atoms with Crippen LogP contribution in [0.25, 0.3) is 11.0 Å². The predicted octanol–water partition coefficient (Wildman–Crippen LogP) is 6.73. The number of nitrogens with zero attached hydrogens (tertiary/aromatic N) is 6. The van der Waals surface area contributed by atoms with Crippen LogP contribution in [0.4, 0.5) is 22.3 Å². The van der Waals surface area contributed by atoms with Crippen molar-refractivity contribution in [3.05, 3.63) is 59.2 Å². The molecule has 1 N–H and O–H groups in total. The van der Waals surface area contributed by atoms with Gasteiger partial charge in [0.25, 0.3) is 0 Å². The van der Waals surface area contributed by atoms with E-state index in [4.69, 9.17) is 14.5 Å². The number of rotatable bonds is 12.